The van der Waals surface area contributed by atoms with E-state index < -0.39 is 0 Å². The Morgan fingerprint density at radius 2 is 2.39 bits per heavy atom. The number of hydrogen-bond donors (Lipinski definition) is 1. The van der Waals surface area contributed by atoms with Crippen molar-refractivity contribution in [2.75, 3.05) is 25.1 Å². The van der Waals surface area contributed by atoms with E-state index >= 15 is 0 Å². The van der Waals surface area contributed by atoms with Gasteiger partial charge in [-0.1, -0.05) is 5.16 Å². The summed E-state index contributed by atoms with van der Waals surface area (Å²) < 4.78 is 5.36. The van der Waals surface area contributed by atoms with Gasteiger partial charge < -0.3 is 10.3 Å². The molecule has 2 fully saturated rings. The van der Waals surface area contributed by atoms with Crippen LogP contribution in [0.2, 0.25) is 0 Å². The van der Waals surface area contributed by atoms with Gasteiger partial charge in [0.05, 0.1) is 6.04 Å². The molecule has 1 unspecified atom stereocenters. The molecule has 3 rings (SSSR count). The third-order valence-corrected chi connectivity index (χ3v) is 5.05. The second-order valence-corrected chi connectivity index (χ2v) is 6.66. The Morgan fingerprint density at radius 3 is 3.06 bits per heavy atom. The predicted molar refractivity (Wildman–Crippen MR) is 71.5 cm³/mol. The molecule has 0 radical (unpaired) electrons. The summed E-state index contributed by atoms with van der Waals surface area (Å²) in [5.41, 5.74) is 6.12. The molecule has 0 amide bonds. The van der Waals surface area contributed by atoms with E-state index in [1.54, 1.807) is 0 Å². The summed E-state index contributed by atoms with van der Waals surface area (Å²) in [6.07, 6.45) is 4.09. The summed E-state index contributed by atoms with van der Waals surface area (Å²) in [5, 5.41) is 4.14. The average Bonchev–Trinajstić information content (AvgIpc) is 2.76. The summed E-state index contributed by atoms with van der Waals surface area (Å²) in [7, 11) is 2.12. The monoisotopic (exact) mass is 268 g/mol. The maximum absolute atomic E-state index is 6.21. The molecule has 18 heavy (non-hydrogen) atoms. The number of nitrogens with two attached hydrogens (primary N) is 1. The van der Waals surface area contributed by atoms with Crippen molar-refractivity contribution in [3.63, 3.8) is 0 Å². The standard InChI is InChI=1S/C12H20N4OS/c1-16-5-6-18-8-9(16)11-14-10(17-15-11)7-12(13)3-2-4-12/h9H,2-8,13H2,1H3. The predicted octanol–water partition coefficient (Wildman–Crippen LogP) is 1.21. The van der Waals surface area contributed by atoms with Crippen molar-refractivity contribution in [1.29, 1.82) is 0 Å². The molecule has 2 N–H and O–H groups in total. The van der Waals surface area contributed by atoms with E-state index in [-0.39, 0.29) is 11.6 Å². The highest BCUT2D eigenvalue weighted by atomic mass is 32.2. The summed E-state index contributed by atoms with van der Waals surface area (Å²) in [6, 6.07) is 0.288. The molecule has 0 aromatic carbocycles. The lowest BCUT2D eigenvalue weighted by Gasteiger charge is -2.36. The normalized spacial score (nSPS) is 28.0. The SMILES string of the molecule is CN1CCSCC1c1noc(CC2(N)CCC2)n1. The number of aromatic nitrogens is 2. The molecule has 5 nitrogen and oxygen atoms in total. The first-order valence-electron chi connectivity index (χ1n) is 6.56. The molecule has 1 aliphatic heterocycles. The van der Waals surface area contributed by atoms with Crippen molar-refractivity contribution >= 4 is 11.8 Å². The van der Waals surface area contributed by atoms with Crippen molar-refractivity contribution in [3.8, 4) is 0 Å². The fraction of sp³-hybridized carbons (Fsp3) is 0.833. The topological polar surface area (TPSA) is 68.2 Å². The zero-order valence-electron chi connectivity index (χ0n) is 10.8. The van der Waals surface area contributed by atoms with Crippen LogP contribution in [0.5, 0.6) is 0 Å². The van der Waals surface area contributed by atoms with E-state index in [0.717, 1.165) is 37.4 Å². The van der Waals surface area contributed by atoms with Gasteiger partial charge in [-0.05, 0) is 26.3 Å². The van der Waals surface area contributed by atoms with Gasteiger partial charge in [0, 0.05) is 30.0 Å². The number of hydrogen-bond acceptors (Lipinski definition) is 6. The van der Waals surface area contributed by atoms with Crippen molar-refractivity contribution < 1.29 is 4.52 Å². The summed E-state index contributed by atoms with van der Waals surface area (Å²) in [6.45, 7) is 1.08. The van der Waals surface area contributed by atoms with Crippen LogP contribution in [0.25, 0.3) is 0 Å². The Bertz CT molecular complexity index is 418. The van der Waals surface area contributed by atoms with Crippen molar-refractivity contribution in [2.45, 2.75) is 37.3 Å². The quantitative estimate of drug-likeness (QED) is 0.889. The number of rotatable bonds is 3. The fourth-order valence-corrected chi connectivity index (χ4v) is 3.75. The van der Waals surface area contributed by atoms with E-state index in [9.17, 15) is 0 Å². The smallest absolute Gasteiger partial charge is 0.228 e. The fourth-order valence-electron chi connectivity index (χ4n) is 2.54. The molecule has 1 saturated heterocycles. The zero-order valence-corrected chi connectivity index (χ0v) is 11.6. The van der Waals surface area contributed by atoms with Gasteiger partial charge in [-0.15, -0.1) is 0 Å². The molecule has 6 heteroatoms. The Morgan fingerprint density at radius 1 is 1.56 bits per heavy atom. The molecule has 1 aromatic heterocycles. The Labute approximate surface area is 111 Å². The number of thioether (sulfide) groups is 1. The van der Waals surface area contributed by atoms with E-state index in [2.05, 4.69) is 22.1 Å². The zero-order chi connectivity index (χ0) is 12.6. The Balaban J connectivity index is 1.68. The second kappa shape index (κ2) is 4.83. The van der Waals surface area contributed by atoms with Crippen LogP contribution in [0.3, 0.4) is 0 Å². The van der Waals surface area contributed by atoms with Crippen molar-refractivity contribution in [3.05, 3.63) is 11.7 Å². The van der Waals surface area contributed by atoms with Crippen LogP contribution in [0.1, 0.15) is 37.0 Å². The van der Waals surface area contributed by atoms with Gasteiger partial charge in [0.2, 0.25) is 5.89 Å². The average molecular weight is 268 g/mol. The molecule has 100 valence electrons. The Hall–Kier alpha value is -0.590. The van der Waals surface area contributed by atoms with Crippen LogP contribution in [0, 0.1) is 0 Å². The van der Waals surface area contributed by atoms with Crippen LogP contribution < -0.4 is 5.73 Å². The van der Waals surface area contributed by atoms with Crippen molar-refractivity contribution in [1.82, 2.24) is 15.0 Å². The highest BCUT2D eigenvalue weighted by molar-refractivity contribution is 7.99. The molecule has 0 bridgehead atoms. The minimum Gasteiger partial charge on any atom is -0.339 e. The molecule has 1 atom stereocenters. The lowest BCUT2D eigenvalue weighted by Crippen LogP contribution is -2.48. The molecule has 1 aliphatic carbocycles. The third-order valence-electron chi connectivity index (χ3n) is 4.03. The first-order chi connectivity index (χ1) is 8.66. The molecule has 0 spiro atoms. The van der Waals surface area contributed by atoms with Crippen LogP contribution in [0.15, 0.2) is 4.52 Å². The van der Waals surface area contributed by atoms with E-state index in [4.69, 9.17) is 10.3 Å². The molecule has 2 aliphatic rings. The van der Waals surface area contributed by atoms with Gasteiger partial charge in [0.1, 0.15) is 0 Å². The molecule has 2 heterocycles. The van der Waals surface area contributed by atoms with Gasteiger partial charge in [-0.3, -0.25) is 4.90 Å². The third kappa shape index (κ3) is 2.41. The van der Waals surface area contributed by atoms with Crippen molar-refractivity contribution in [2.24, 2.45) is 5.73 Å². The van der Waals surface area contributed by atoms with Crippen LogP contribution in [-0.4, -0.2) is 45.7 Å². The van der Waals surface area contributed by atoms with E-state index in [1.165, 1.54) is 12.2 Å². The van der Waals surface area contributed by atoms with Gasteiger partial charge in [0.25, 0.3) is 0 Å². The summed E-state index contributed by atoms with van der Waals surface area (Å²) in [4.78, 5) is 6.84. The maximum Gasteiger partial charge on any atom is 0.228 e. The lowest BCUT2D eigenvalue weighted by molar-refractivity contribution is 0.220. The molecule has 1 saturated carbocycles. The maximum atomic E-state index is 6.21. The molecular formula is C12H20N4OS. The summed E-state index contributed by atoms with van der Waals surface area (Å²) in [5.74, 6) is 3.76. The van der Waals surface area contributed by atoms with Gasteiger partial charge in [0.15, 0.2) is 5.82 Å². The summed E-state index contributed by atoms with van der Waals surface area (Å²) >= 11 is 1.95. The van der Waals surface area contributed by atoms with Crippen LogP contribution >= 0.6 is 11.8 Å². The van der Waals surface area contributed by atoms with Crippen LogP contribution in [0.4, 0.5) is 0 Å². The van der Waals surface area contributed by atoms with Crippen LogP contribution in [-0.2, 0) is 6.42 Å². The molecule has 1 aromatic rings. The first kappa shape index (κ1) is 12.4. The van der Waals surface area contributed by atoms with E-state index in [0.29, 0.717) is 5.89 Å². The highest BCUT2D eigenvalue weighted by Crippen LogP contribution is 2.32. The lowest BCUT2D eigenvalue weighted by atomic mass is 9.75. The minimum atomic E-state index is -0.0863. The minimum absolute atomic E-state index is 0.0863. The van der Waals surface area contributed by atoms with Gasteiger partial charge in [-0.2, -0.15) is 16.7 Å². The van der Waals surface area contributed by atoms with Gasteiger partial charge >= 0.3 is 0 Å². The van der Waals surface area contributed by atoms with Gasteiger partial charge in [-0.25, -0.2) is 0 Å². The molecular weight excluding hydrogens is 248 g/mol. The van der Waals surface area contributed by atoms with E-state index in [1.807, 2.05) is 11.8 Å². The Kier molecular flexibility index (Phi) is 3.34. The highest BCUT2D eigenvalue weighted by Gasteiger charge is 2.35. The largest absolute Gasteiger partial charge is 0.339 e. The second-order valence-electron chi connectivity index (χ2n) is 5.51. The first-order valence-corrected chi connectivity index (χ1v) is 7.71. The number of nitrogens with zero attached hydrogens (tertiary/aromatic N) is 3.